The minimum atomic E-state index is -1.00. The Labute approximate surface area is 225 Å². The molecular weight excluding hydrogens is 529 g/mol. The first-order chi connectivity index (χ1) is 19.3. The topological polar surface area (TPSA) is 112 Å². The lowest BCUT2D eigenvalue weighted by Gasteiger charge is -2.13. The standard InChI is InChI=1S/C27H23F3N6O4/c1-38-16-8-7-14(20(11-16)39-2)12-32-27-34-24-17(9-15(28)10-21(24)40-3)25-33-22(35-36(25)27)13-31-26(37)23-18(29)5-4-6-19(23)30/h4-11H,12-13H2,1-3H3,(H,31,37)(H,32,34). The van der Waals surface area contributed by atoms with Gasteiger partial charge in [-0.1, -0.05) is 6.07 Å². The summed E-state index contributed by atoms with van der Waals surface area (Å²) in [7, 11) is 4.48. The Balaban J connectivity index is 1.52. The smallest absolute Gasteiger partial charge is 0.257 e. The summed E-state index contributed by atoms with van der Waals surface area (Å²) < 4.78 is 59.9. The Hall–Kier alpha value is -5.07. The van der Waals surface area contributed by atoms with Crippen molar-refractivity contribution in [1.29, 1.82) is 0 Å². The van der Waals surface area contributed by atoms with Crippen molar-refractivity contribution in [2.45, 2.75) is 13.1 Å². The predicted octanol–water partition coefficient (Wildman–Crippen LogP) is 4.26. The van der Waals surface area contributed by atoms with Crippen molar-refractivity contribution in [3.63, 3.8) is 0 Å². The number of aromatic nitrogens is 4. The molecule has 0 unspecified atom stereocenters. The van der Waals surface area contributed by atoms with Gasteiger partial charge < -0.3 is 24.8 Å². The van der Waals surface area contributed by atoms with Gasteiger partial charge in [0.2, 0.25) is 5.95 Å². The molecule has 0 aliphatic carbocycles. The largest absolute Gasteiger partial charge is 0.497 e. The first-order valence-corrected chi connectivity index (χ1v) is 11.9. The Bertz CT molecular complexity index is 1720. The number of hydrogen-bond donors (Lipinski definition) is 2. The lowest BCUT2D eigenvalue weighted by Crippen LogP contribution is -2.25. The zero-order valence-corrected chi connectivity index (χ0v) is 21.6. The number of benzene rings is 3. The number of ether oxygens (including phenoxy) is 3. The normalized spacial score (nSPS) is 11.1. The van der Waals surface area contributed by atoms with Gasteiger partial charge in [-0.3, -0.25) is 4.79 Å². The van der Waals surface area contributed by atoms with Gasteiger partial charge in [0.25, 0.3) is 5.91 Å². The molecule has 2 aromatic heterocycles. The van der Waals surface area contributed by atoms with Gasteiger partial charge >= 0.3 is 0 Å². The molecule has 3 aromatic carbocycles. The molecule has 5 aromatic rings. The van der Waals surface area contributed by atoms with Crippen LogP contribution in [0.25, 0.3) is 16.6 Å². The summed E-state index contributed by atoms with van der Waals surface area (Å²) in [6, 6.07) is 10.9. The highest BCUT2D eigenvalue weighted by atomic mass is 19.1. The molecule has 2 N–H and O–H groups in total. The molecule has 0 saturated carbocycles. The van der Waals surface area contributed by atoms with Gasteiger partial charge in [0, 0.05) is 24.2 Å². The number of nitrogens with zero attached hydrogens (tertiary/aromatic N) is 4. The van der Waals surface area contributed by atoms with Crippen molar-refractivity contribution in [3.8, 4) is 17.2 Å². The van der Waals surface area contributed by atoms with Gasteiger partial charge in [0.1, 0.15) is 45.8 Å². The van der Waals surface area contributed by atoms with Crippen LogP contribution in [0.5, 0.6) is 17.2 Å². The van der Waals surface area contributed by atoms with Crippen LogP contribution in [0.4, 0.5) is 19.1 Å². The molecule has 2 heterocycles. The average molecular weight is 553 g/mol. The molecule has 40 heavy (non-hydrogen) atoms. The fraction of sp³-hybridized carbons (Fsp3) is 0.185. The van der Waals surface area contributed by atoms with Crippen LogP contribution >= 0.6 is 0 Å². The van der Waals surface area contributed by atoms with E-state index in [1.54, 1.807) is 19.2 Å². The van der Waals surface area contributed by atoms with E-state index in [9.17, 15) is 18.0 Å². The fourth-order valence-corrected chi connectivity index (χ4v) is 4.17. The van der Waals surface area contributed by atoms with Crippen LogP contribution in [0.2, 0.25) is 0 Å². The van der Waals surface area contributed by atoms with Crippen LogP contribution < -0.4 is 24.8 Å². The second-order valence-corrected chi connectivity index (χ2v) is 8.51. The molecule has 10 nitrogen and oxygen atoms in total. The van der Waals surface area contributed by atoms with Crippen LogP contribution in [0, 0.1) is 17.5 Å². The first-order valence-electron chi connectivity index (χ1n) is 11.9. The van der Waals surface area contributed by atoms with E-state index in [1.165, 1.54) is 30.9 Å². The highest BCUT2D eigenvalue weighted by Crippen LogP contribution is 2.31. The highest BCUT2D eigenvalue weighted by Gasteiger charge is 2.20. The zero-order valence-electron chi connectivity index (χ0n) is 21.6. The van der Waals surface area contributed by atoms with E-state index in [4.69, 9.17) is 14.2 Å². The van der Waals surface area contributed by atoms with Crippen LogP contribution in [-0.4, -0.2) is 46.8 Å². The van der Waals surface area contributed by atoms with Gasteiger partial charge in [-0.05, 0) is 30.3 Å². The molecule has 0 spiro atoms. The number of carbonyl (C=O) groups is 1. The number of nitrogens with one attached hydrogen (secondary N) is 2. The summed E-state index contributed by atoms with van der Waals surface area (Å²) in [4.78, 5) is 21.5. The molecular formula is C27H23F3N6O4. The van der Waals surface area contributed by atoms with Crippen molar-refractivity contribution in [2.75, 3.05) is 26.6 Å². The number of rotatable bonds is 9. The number of amides is 1. The molecule has 1 amide bonds. The van der Waals surface area contributed by atoms with E-state index in [-0.39, 0.29) is 36.3 Å². The van der Waals surface area contributed by atoms with E-state index in [1.807, 2.05) is 6.07 Å². The summed E-state index contributed by atoms with van der Waals surface area (Å²) in [6.07, 6.45) is 0. The SMILES string of the molecule is COc1ccc(CNc2nc3c(OC)cc(F)cc3c3nc(CNC(=O)c4c(F)cccc4F)nn23)c(OC)c1. The van der Waals surface area contributed by atoms with E-state index >= 15 is 0 Å². The molecule has 206 valence electrons. The monoisotopic (exact) mass is 552 g/mol. The molecule has 0 saturated heterocycles. The molecule has 0 aliphatic heterocycles. The second-order valence-electron chi connectivity index (χ2n) is 8.51. The number of carbonyl (C=O) groups excluding carboxylic acids is 1. The summed E-state index contributed by atoms with van der Waals surface area (Å²) in [5, 5.41) is 10.3. The van der Waals surface area contributed by atoms with Gasteiger partial charge in [0.15, 0.2) is 11.5 Å². The first kappa shape index (κ1) is 26.5. The minimum Gasteiger partial charge on any atom is -0.497 e. The molecule has 0 radical (unpaired) electrons. The minimum absolute atomic E-state index is 0.0905. The maximum Gasteiger partial charge on any atom is 0.257 e. The number of hydrogen-bond acceptors (Lipinski definition) is 8. The van der Waals surface area contributed by atoms with Crippen LogP contribution in [0.3, 0.4) is 0 Å². The van der Waals surface area contributed by atoms with Crippen LogP contribution in [0.15, 0.2) is 48.5 Å². The number of halogens is 3. The summed E-state index contributed by atoms with van der Waals surface area (Å²) in [6.45, 7) is -0.0171. The predicted molar refractivity (Wildman–Crippen MR) is 139 cm³/mol. The Morgan fingerprint density at radius 3 is 2.35 bits per heavy atom. The number of fused-ring (bicyclic) bond motifs is 3. The van der Waals surface area contributed by atoms with E-state index in [0.717, 1.165) is 23.8 Å². The maximum absolute atomic E-state index is 14.4. The third kappa shape index (κ3) is 5.00. The molecule has 0 aliphatic rings. The zero-order chi connectivity index (χ0) is 28.4. The molecule has 13 heteroatoms. The molecule has 0 atom stereocenters. The van der Waals surface area contributed by atoms with E-state index < -0.39 is 28.9 Å². The van der Waals surface area contributed by atoms with Gasteiger partial charge in [-0.2, -0.15) is 4.52 Å². The third-order valence-corrected chi connectivity index (χ3v) is 6.10. The van der Waals surface area contributed by atoms with Crippen molar-refractivity contribution in [3.05, 3.63) is 82.9 Å². The maximum atomic E-state index is 14.4. The number of anilines is 1. The lowest BCUT2D eigenvalue weighted by atomic mass is 10.2. The molecule has 0 fully saturated rings. The van der Waals surface area contributed by atoms with Gasteiger partial charge in [-0.15, -0.1) is 5.10 Å². The third-order valence-electron chi connectivity index (χ3n) is 6.10. The van der Waals surface area contributed by atoms with E-state index in [0.29, 0.717) is 22.4 Å². The van der Waals surface area contributed by atoms with Crippen LogP contribution in [-0.2, 0) is 13.1 Å². The second kappa shape index (κ2) is 11.0. The van der Waals surface area contributed by atoms with Gasteiger partial charge in [0.05, 0.1) is 33.3 Å². The summed E-state index contributed by atoms with van der Waals surface area (Å²) >= 11 is 0. The van der Waals surface area contributed by atoms with Crippen molar-refractivity contribution in [2.24, 2.45) is 0 Å². The number of methoxy groups -OCH3 is 3. The summed E-state index contributed by atoms with van der Waals surface area (Å²) in [5.41, 5.74) is 0.593. The van der Waals surface area contributed by atoms with Crippen LogP contribution in [0.1, 0.15) is 21.7 Å². The Morgan fingerprint density at radius 2 is 1.65 bits per heavy atom. The fourth-order valence-electron chi connectivity index (χ4n) is 4.17. The van der Waals surface area contributed by atoms with Crippen molar-refractivity contribution in [1.82, 2.24) is 24.9 Å². The lowest BCUT2D eigenvalue weighted by molar-refractivity contribution is 0.0941. The van der Waals surface area contributed by atoms with E-state index in [2.05, 4.69) is 25.7 Å². The van der Waals surface area contributed by atoms with Gasteiger partial charge in [-0.25, -0.2) is 23.1 Å². The molecule has 0 bridgehead atoms. The quantitative estimate of drug-likeness (QED) is 0.279. The molecule has 5 rings (SSSR count). The van der Waals surface area contributed by atoms with Crippen molar-refractivity contribution < 1.29 is 32.2 Å². The summed E-state index contributed by atoms with van der Waals surface area (Å²) in [5.74, 6) is -1.86. The van der Waals surface area contributed by atoms with Crippen molar-refractivity contribution >= 4 is 28.4 Å². The average Bonchev–Trinajstić information content (AvgIpc) is 3.39. The Kier molecular flexibility index (Phi) is 7.27. The Morgan fingerprint density at radius 1 is 0.900 bits per heavy atom. The highest BCUT2D eigenvalue weighted by molar-refractivity contribution is 5.96.